The number of hydrogen-bond acceptors (Lipinski definition) is 4. The summed E-state index contributed by atoms with van der Waals surface area (Å²) < 4.78 is 42.5. The zero-order valence-corrected chi connectivity index (χ0v) is 12.7. The average Bonchev–Trinajstić information content (AvgIpc) is 3.08. The lowest BCUT2D eigenvalue weighted by molar-refractivity contribution is -0.140. The number of hydrogen-bond donors (Lipinski definition) is 1. The van der Waals surface area contributed by atoms with Gasteiger partial charge in [-0.2, -0.15) is 28.1 Å². The summed E-state index contributed by atoms with van der Waals surface area (Å²) in [5.41, 5.74) is 4.79. The maximum atomic E-state index is 13.3. The number of nitrogen functional groups attached to an aromatic ring is 1. The lowest BCUT2D eigenvalue weighted by atomic mass is 10.1. The molecular weight excluding hydrogens is 339 g/mol. The number of nitrogens with two attached hydrogens (primary N) is 1. The largest absolute Gasteiger partial charge is 0.435 e. The Morgan fingerprint density at radius 3 is 2.50 bits per heavy atom. The Hall–Kier alpha value is -2.00. The number of halogens is 4. The van der Waals surface area contributed by atoms with Gasteiger partial charge in [-0.05, 0) is 11.4 Å². The Morgan fingerprint density at radius 1 is 1.27 bits per heavy atom. The van der Waals surface area contributed by atoms with E-state index in [0.717, 1.165) is 16.0 Å². The summed E-state index contributed by atoms with van der Waals surface area (Å²) in [4.78, 5) is 0. The number of thiophene rings is 1. The summed E-state index contributed by atoms with van der Waals surface area (Å²) in [6.07, 6.45) is -3.07. The van der Waals surface area contributed by atoms with Crippen molar-refractivity contribution in [1.29, 1.82) is 0 Å². The van der Waals surface area contributed by atoms with Crippen molar-refractivity contribution in [2.24, 2.45) is 7.05 Å². The first kappa shape index (κ1) is 14.9. The molecule has 22 heavy (non-hydrogen) atoms. The van der Waals surface area contributed by atoms with Crippen LogP contribution in [0.1, 0.15) is 5.69 Å². The van der Waals surface area contributed by atoms with E-state index in [-0.39, 0.29) is 27.1 Å². The third kappa shape index (κ3) is 2.35. The fourth-order valence-corrected chi connectivity index (χ4v) is 2.99. The molecule has 0 radical (unpaired) electrons. The fraction of sp³-hybridized carbons (Fsp3) is 0.167. The first-order chi connectivity index (χ1) is 10.3. The van der Waals surface area contributed by atoms with E-state index in [1.807, 2.05) is 0 Å². The summed E-state index contributed by atoms with van der Waals surface area (Å²) in [6.45, 7) is 0. The predicted molar refractivity (Wildman–Crippen MR) is 78.1 cm³/mol. The van der Waals surface area contributed by atoms with Crippen LogP contribution in [0.2, 0.25) is 4.34 Å². The van der Waals surface area contributed by atoms with Gasteiger partial charge >= 0.3 is 6.18 Å². The molecule has 0 aliphatic heterocycles. The van der Waals surface area contributed by atoms with E-state index in [9.17, 15) is 13.2 Å². The Morgan fingerprint density at radius 2 is 2.00 bits per heavy atom. The quantitative estimate of drug-likeness (QED) is 0.770. The van der Waals surface area contributed by atoms with Crippen molar-refractivity contribution < 1.29 is 13.2 Å². The summed E-state index contributed by atoms with van der Waals surface area (Å²) in [5, 5.41) is 9.21. The monoisotopic (exact) mass is 347 g/mol. The van der Waals surface area contributed by atoms with Gasteiger partial charge in [-0.25, -0.2) is 0 Å². The van der Waals surface area contributed by atoms with Gasteiger partial charge in [-0.1, -0.05) is 11.6 Å². The van der Waals surface area contributed by atoms with Crippen LogP contribution in [0, 0.1) is 0 Å². The number of aromatic nitrogens is 4. The highest BCUT2D eigenvalue weighted by atomic mass is 35.5. The van der Waals surface area contributed by atoms with Crippen molar-refractivity contribution >= 4 is 28.8 Å². The Labute approximate surface area is 131 Å². The molecule has 0 spiro atoms. The minimum Gasteiger partial charge on any atom is -0.383 e. The molecule has 0 unspecified atom stereocenters. The molecule has 5 nitrogen and oxygen atoms in total. The number of aryl methyl sites for hydroxylation is 1. The normalized spacial score (nSPS) is 12.0. The molecule has 3 aromatic rings. The van der Waals surface area contributed by atoms with Crippen LogP contribution >= 0.6 is 22.9 Å². The van der Waals surface area contributed by atoms with Crippen LogP contribution in [0.3, 0.4) is 0 Å². The van der Waals surface area contributed by atoms with Crippen molar-refractivity contribution in [3.05, 3.63) is 33.7 Å². The minimum absolute atomic E-state index is 0.161. The lowest BCUT2D eigenvalue weighted by Crippen LogP contribution is -2.09. The third-order valence-electron chi connectivity index (χ3n) is 2.99. The van der Waals surface area contributed by atoms with Gasteiger partial charge in [0.15, 0.2) is 11.5 Å². The van der Waals surface area contributed by atoms with Gasteiger partial charge in [0.1, 0.15) is 10.2 Å². The third-order valence-corrected chi connectivity index (χ3v) is 4.16. The van der Waals surface area contributed by atoms with E-state index in [4.69, 9.17) is 17.3 Å². The molecule has 0 aliphatic carbocycles. The van der Waals surface area contributed by atoms with Gasteiger partial charge in [0.2, 0.25) is 0 Å². The molecule has 2 N–H and O–H groups in total. The molecule has 0 saturated carbocycles. The van der Waals surface area contributed by atoms with E-state index >= 15 is 0 Å². The number of nitrogens with zero attached hydrogens (tertiary/aromatic N) is 4. The van der Waals surface area contributed by atoms with Gasteiger partial charge < -0.3 is 5.73 Å². The minimum atomic E-state index is -4.66. The maximum Gasteiger partial charge on any atom is 0.435 e. The number of anilines is 1. The molecule has 0 atom stereocenters. The molecule has 0 aliphatic rings. The highest BCUT2D eigenvalue weighted by Gasteiger charge is 2.40. The Bertz CT molecular complexity index is 832. The molecule has 0 fully saturated rings. The topological polar surface area (TPSA) is 61.7 Å². The van der Waals surface area contributed by atoms with Crippen LogP contribution < -0.4 is 5.73 Å². The van der Waals surface area contributed by atoms with E-state index in [1.165, 1.54) is 16.8 Å². The summed E-state index contributed by atoms with van der Waals surface area (Å²) in [5.74, 6) is 0.0365. The van der Waals surface area contributed by atoms with Gasteiger partial charge in [-0.15, -0.1) is 11.3 Å². The zero-order valence-electron chi connectivity index (χ0n) is 11.1. The van der Waals surface area contributed by atoms with Crippen LogP contribution in [0.4, 0.5) is 19.0 Å². The van der Waals surface area contributed by atoms with Crippen molar-refractivity contribution in [3.63, 3.8) is 0 Å². The van der Waals surface area contributed by atoms with Crippen LogP contribution in [-0.4, -0.2) is 19.6 Å². The van der Waals surface area contributed by atoms with Gasteiger partial charge in [0.05, 0.1) is 5.56 Å². The van der Waals surface area contributed by atoms with E-state index in [1.54, 1.807) is 18.6 Å². The molecule has 3 rings (SSSR count). The van der Waals surface area contributed by atoms with Crippen molar-refractivity contribution in [3.8, 4) is 16.9 Å². The van der Waals surface area contributed by atoms with Crippen LogP contribution in [-0.2, 0) is 13.2 Å². The average molecular weight is 348 g/mol. The first-order valence-electron chi connectivity index (χ1n) is 5.98. The lowest BCUT2D eigenvalue weighted by Gasteiger charge is -2.05. The molecule has 0 amide bonds. The highest BCUT2D eigenvalue weighted by Crippen LogP contribution is 2.44. The van der Waals surface area contributed by atoms with Crippen LogP contribution in [0.25, 0.3) is 16.9 Å². The molecular formula is C12H9ClF3N5S. The molecule has 10 heteroatoms. The second-order valence-electron chi connectivity index (χ2n) is 4.47. The van der Waals surface area contributed by atoms with Crippen molar-refractivity contribution in [1.82, 2.24) is 19.6 Å². The summed E-state index contributed by atoms with van der Waals surface area (Å²) >= 11 is 7.09. The highest BCUT2D eigenvalue weighted by molar-refractivity contribution is 7.15. The fourth-order valence-electron chi connectivity index (χ4n) is 2.06. The predicted octanol–water partition coefficient (Wildman–Crippen LogP) is 3.59. The summed E-state index contributed by atoms with van der Waals surface area (Å²) in [7, 11) is 1.64. The molecule has 0 aromatic carbocycles. The zero-order chi connectivity index (χ0) is 16.1. The van der Waals surface area contributed by atoms with Crippen molar-refractivity contribution in [2.45, 2.75) is 6.18 Å². The Kier molecular flexibility index (Phi) is 3.41. The first-order valence-corrected chi connectivity index (χ1v) is 7.24. The van der Waals surface area contributed by atoms with Crippen LogP contribution in [0.5, 0.6) is 0 Å². The standard InChI is InChI=1S/C12H9ClF3N5S/c1-20-4-2-7(18-20)21-11(17)8(6-3-5-22-10(6)13)9(19-21)12(14,15)16/h2-5H,17H2,1H3. The second kappa shape index (κ2) is 5.03. The Balaban J connectivity index is 2.28. The molecule has 0 bridgehead atoms. The molecule has 116 valence electrons. The van der Waals surface area contributed by atoms with E-state index < -0.39 is 11.9 Å². The SMILES string of the molecule is Cn1ccc(-n2nc(C(F)(F)F)c(-c3ccsc3Cl)c2N)n1. The van der Waals surface area contributed by atoms with Crippen molar-refractivity contribution in [2.75, 3.05) is 5.73 Å². The van der Waals surface area contributed by atoms with Gasteiger partial charge in [-0.3, -0.25) is 4.68 Å². The number of alkyl halides is 3. The van der Waals surface area contributed by atoms with Gasteiger partial charge in [0, 0.05) is 24.9 Å². The van der Waals surface area contributed by atoms with Gasteiger partial charge in [0.25, 0.3) is 0 Å². The smallest absolute Gasteiger partial charge is 0.383 e. The van der Waals surface area contributed by atoms with E-state index in [0.29, 0.717) is 0 Å². The number of rotatable bonds is 2. The summed E-state index contributed by atoms with van der Waals surface area (Å²) in [6, 6.07) is 3.00. The molecule has 3 heterocycles. The molecule has 0 saturated heterocycles. The maximum absolute atomic E-state index is 13.3. The second-order valence-corrected chi connectivity index (χ2v) is 5.99. The molecule has 3 aromatic heterocycles. The van der Waals surface area contributed by atoms with Crippen LogP contribution in [0.15, 0.2) is 23.7 Å². The van der Waals surface area contributed by atoms with E-state index in [2.05, 4.69) is 10.2 Å².